The first-order chi connectivity index (χ1) is 6.45. The second-order valence-electron chi connectivity index (χ2n) is 3.81. The molecule has 0 unspecified atom stereocenters. The summed E-state index contributed by atoms with van der Waals surface area (Å²) in [5, 5.41) is 5.55. The van der Waals surface area contributed by atoms with Crippen molar-refractivity contribution in [3.63, 3.8) is 0 Å². The van der Waals surface area contributed by atoms with Crippen LogP contribution in [0, 0.1) is 12.3 Å². The average Bonchev–Trinajstić information content (AvgIpc) is 2.00. The summed E-state index contributed by atoms with van der Waals surface area (Å²) in [5.74, 6) is 2.44. The van der Waals surface area contributed by atoms with Gasteiger partial charge in [0.15, 0.2) is 0 Å². The Morgan fingerprint density at radius 2 is 2.07 bits per heavy atom. The molecule has 4 nitrogen and oxygen atoms in total. The van der Waals surface area contributed by atoms with Crippen LogP contribution < -0.4 is 10.6 Å². The van der Waals surface area contributed by atoms with Gasteiger partial charge in [-0.05, 0) is 20.8 Å². The highest BCUT2D eigenvalue weighted by molar-refractivity contribution is 5.67. The van der Waals surface area contributed by atoms with Crippen LogP contribution in [0.15, 0.2) is 0 Å². The van der Waals surface area contributed by atoms with Crippen LogP contribution in [0.5, 0.6) is 0 Å². The first kappa shape index (κ1) is 12.8. The van der Waals surface area contributed by atoms with Crippen molar-refractivity contribution < 1.29 is 9.53 Å². The molecule has 0 aromatic heterocycles. The third kappa shape index (κ3) is 8.88. The van der Waals surface area contributed by atoms with Crippen molar-refractivity contribution in [1.82, 2.24) is 10.6 Å². The van der Waals surface area contributed by atoms with E-state index in [0.717, 1.165) is 0 Å². The minimum Gasteiger partial charge on any atom is -0.444 e. The van der Waals surface area contributed by atoms with Gasteiger partial charge in [0.1, 0.15) is 5.60 Å². The molecule has 0 spiro atoms. The number of hydrogen-bond acceptors (Lipinski definition) is 3. The molecule has 80 valence electrons. The van der Waals surface area contributed by atoms with Crippen LogP contribution in [0.1, 0.15) is 20.8 Å². The van der Waals surface area contributed by atoms with E-state index in [4.69, 9.17) is 11.2 Å². The van der Waals surface area contributed by atoms with Crippen molar-refractivity contribution in [1.29, 1.82) is 0 Å². The molecule has 0 aliphatic heterocycles. The van der Waals surface area contributed by atoms with Crippen LogP contribution in [-0.4, -0.2) is 31.3 Å². The topological polar surface area (TPSA) is 50.4 Å². The zero-order valence-electron chi connectivity index (χ0n) is 9.02. The number of amides is 1. The van der Waals surface area contributed by atoms with E-state index >= 15 is 0 Å². The maximum Gasteiger partial charge on any atom is 0.407 e. The molecular weight excluding hydrogens is 180 g/mol. The molecule has 14 heavy (non-hydrogen) atoms. The maximum atomic E-state index is 11.1. The minimum absolute atomic E-state index is 0.403. The lowest BCUT2D eigenvalue weighted by atomic mass is 10.2. The standard InChI is InChI=1S/C10H18N2O2/c1-5-6-11-7-8-12-9(13)14-10(2,3)4/h1,11H,6-8H2,2-4H3,(H,12,13). The number of carbonyl (C=O) groups excluding carboxylic acids is 1. The molecular formula is C10H18N2O2. The predicted molar refractivity (Wildman–Crippen MR) is 55.9 cm³/mol. The number of hydrogen-bond donors (Lipinski definition) is 2. The highest BCUT2D eigenvalue weighted by Gasteiger charge is 2.15. The summed E-state index contributed by atoms with van der Waals surface area (Å²) in [6.07, 6.45) is 4.63. The van der Waals surface area contributed by atoms with Crippen LogP contribution in [-0.2, 0) is 4.74 Å². The zero-order chi connectivity index (χ0) is 11.0. The third-order valence-electron chi connectivity index (χ3n) is 1.20. The highest BCUT2D eigenvalue weighted by atomic mass is 16.6. The summed E-state index contributed by atoms with van der Waals surface area (Å²) in [5.41, 5.74) is -0.448. The van der Waals surface area contributed by atoms with Gasteiger partial charge in [0.05, 0.1) is 6.54 Å². The van der Waals surface area contributed by atoms with E-state index < -0.39 is 11.7 Å². The van der Waals surface area contributed by atoms with E-state index in [1.165, 1.54) is 0 Å². The van der Waals surface area contributed by atoms with Crippen LogP contribution in [0.3, 0.4) is 0 Å². The van der Waals surface area contributed by atoms with Crippen LogP contribution in [0.4, 0.5) is 4.79 Å². The van der Waals surface area contributed by atoms with Gasteiger partial charge in [0.2, 0.25) is 0 Å². The summed E-state index contributed by atoms with van der Waals surface area (Å²) in [7, 11) is 0. The lowest BCUT2D eigenvalue weighted by Gasteiger charge is -2.19. The molecule has 0 bridgehead atoms. The van der Waals surface area contributed by atoms with Gasteiger partial charge >= 0.3 is 6.09 Å². The van der Waals surface area contributed by atoms with Gasteiger partial charge in [0.25, 0.3) is 0 Å². The molecule has 0 atom stereocenters. The van der Waals surface area contributed by atoms with E-state index in [-0.39, 0.29) is 0 Å². The fourth-order valence-electron chi connectivity index (χ4n) is 0.728. The molecule has 0 heterocycles. The number of terminal acetylenes is 1. The van der Waals surface area contributed by atoms with Gasteiger partial charge in [-0.25, -0.2) is 4.79 Å². The van der Waals surface area contributed by atoms with Crippen LogP contribution in [0.25, 0.3) is 0 Å². The lowest BCUT2D eigenvalue weighted by Crippen LogP contribution is -2.36. The van der Waals surface area contributed by atoms with Gasteiger partial charge in [-0.15, -0.1) is 6.42 Å². The van der Waals surface area contributed by atoms with Crippen molar-refractivity contribution in [2.24, 2.45) is 0 Å². The Morgan fingerprint density at radius 1 is 1.43 bits per heavy atom. The largest absolute Gasteiger partial charge is 0.444 e. The number of ether oxygens (including phenoxy) is 1. The van der Waals surface area contributed by atoms with Crippen molar-refractivity contribution >= 4 is 6.09 Å². The van der Waals surface area contributed by atoms with Gasteiger partial charge in [0, 0.05) is 13.1 Å². The normalized spacial score (nSPS) is 10.4. The molecule has 0 aromatic rings. The maximum absolute atomic E-state index is 11.1. The fourth-order valence-corrected chi connectivity index (χ4v) is 0.728. The van der Waals surface area contributed by atoms with Gasteiger partial charge in [-0.2, -0.15) is 0 Å². The monoisotopic (exact) mass is 198 g/mol. The third-order valence-corrected chi connectivity index (χ3v) is 1.20. The van der Waals surface area contributed by atoms with Crippen molar-refractivity contribution in [2.75, 3.05) is 19.6 Å². The Bertz CT molecular complexity index is 213. The number of alkyl carbamates (subject to hydrolysis) is 1. The second-order valence-corrected chi connectivity index (χ2v) is 3.81. The molecule has 0 aromatic carbocycles. The molecule has 0 fully saturated rings. The van der Waals surface area contributed by atoms with Crippen LogP contribution >= 0.6 is 0 Å². The minimum atomic E-state index is -0.448. The average molecular weight is 198 g/mol. The Balaban J connectivity index is 3.42. The molecule has 0 rings (SSSR count). The number of rotatable bonds is 4. The Morgan fingerprint density at radius 3 is 2.57 bits per heavy atom. The quantitative estimate of drug-likeness (QED) is 0.517. The van der Waals surface area contributed by atoms with E-state index in [9.17, 15) is 4.79 Å². The summed E-state index contributed by atoms with van der Waals surface area (Å²) in [6.45, 7) is 7.13. The molecule has 2 N–H and O–H groups in total. The van der Waals surface area contributed by atoms with Gasteiger partial charge < -0.3 is 15.4 Å². The van der Waals surface area contributed by atoms with E-state index in [1.807, 2.05) is 20.8 Å². The van der Waals surface area contributed by atoms with Crippen LogP contribution in [0.2, 0.25) is 0 Å². The second kappa shape index (κ2) is 6.28. The van der Waals surface area contributed by atoms with E-state index in [0.29, 0.717) is 19.6 Å². The zero-order valence-corrected chi connectivity index (χ0v) is 9.02. The molecule has 1 amide bonds. The Kier molecular flexibility index (Phi) is 5.73. The Hall–Kier alpha value is -1.21. The molecule has 0 saturated carbocycles. The Labute approximate surface area is 85.4 Å². The summed E-state index contributed by atoms with van der Waals surface area (Å²) in [4.78, 5) is 11.1. The summed E-state index contributed by atoms with van der Waals surface area (Å²) < 4.78 is 5.03. The number of nitrogens with one attached hydrogen (secondary N) is 2. The van der Waals surface area contributed by atoms with E-state index in [1.54, 1.807) is 0 Å². The molecule has 4 heteroatoms. The number of carbonyl (C=O) groups is 1. The molecule has 0 radical (unpaired) electrons. The first-order valence-corrected chi connectivity index (χ1v) is 4.57. The van der Waals surface area contributed by atoms with Gasteiger partial charge in [-0.1, -0.05) is 5.92 Å². The predicted octanol–water partition coefficient (Wildman–Crippen LogP) is 0.734. The highest BCUT2D eigenvalue weighted by Crippen LogP contribution is 2.05. The fraction of sp³-hybridized carbons (Fsp3) is 0.700. The van der Waals surface area contributed by atoms with E-state index in [2.05, 4.69) is 16.6 Å². The summed E-state index contributed by atoms with van der Waals surface area (Å²) >= 11 is 0. The van der Waals surface area contributed by atoms with Crippen molar-refractivity contribution in [3.05, 3.63) is 0 Å². The SMILES string of the molecule is C#CCNCCNC(=O)OC(C)(C)C. The summed E-state index contributed by atoms with van der Waals surface area (Å²) in [6, 6.07) is 0. The lowest BCUT2D eigenvalue weighted by molar-refractivity contribution is 0.0528. The molecule has 0 saturated heterocycles. The van der Waals surface area contributed by atoms with Gasteiger partial charge in [-0.3, -0.25) is 0 Å². The molecule has 0 aliphatic rings. The van der Waals surface area contributed by atoms with Crippen molar-refractivity contribution in [3.8, 4) is 12.3 Å². The molecule has 0 aliphatic carbocycles. The smallest absolute Gasteiger partial charge is 0.407 e. The first-order valence-electron chi connectivity index (χ1n) is 4.57. The van der Waals surface area contributed by atoms with Crippen molar-refractivity contribution in [2.45, 2.75) is 26.4 Å².